The van der Waals surface area contributed by atoms with Gasteiger partial charge in [0.15, 0.2) is 0 Å². The third-order valence-corrected chi connectivity index (χ3v) is 2.51. The average Bonchev–Trinajstić information content (AvgIpc) is 2.39. The second-order valence-corrected chi connectivity index (χ2v) is 4.10. The minimum Gasteiger partial charge on any atom is -0.324 e. The Morgan fingerprint density at radius 3 is 2.79 bits per heavy atom. The molecule has 1 aromatic carbocycles. The highest BCUT2D eigenvalue weighted by Crippen LogP contribution is 2.17. The molecule has 0 amide bonds. The highest BCUT2D eigenvalue weighted by molar-refractivity contribution is 5.55. The molecule has 0 fully saturated rings. The van der Waals surface area contributed by atoms with Crippen molar-refractivity contribution in [2.45, 2.75) is 19.8 Å². The van der Waals surface area contributed by atoms with Crippen molar-refractivity contribution < 1.29 is 4.39 Å². The quantitative estimate of drug-likeness (QED) is 0.569. The predicted octanol–water partition coefficient (Wildman–Crippen LogP) is 2.60. The highest BCUT2D eigenvalue weighted by atomic mass is 19.1. The Hall–Kier alpha value is -2.21. The van der Waals surface area contributed by atoms with Crippen LogP contribution in [0.2, 0.25) is 0 Å². The summed E-state index contributed by atoms with van der Waals surface area (Å²) in [6.45, 7) is 2.07. The van der Waals surface area contributed by atoms with Crippen LogP contribution >= 0.6 is 0 Å². The summed E-state index contributed by atoms with van der Waals surface area (Å²) < 4.78 is 13.1. The van der Waals surface area contributed by atoms with Gasteiger partial charge in [-0.1, -0.05) is 19.4 Å². The van der Waals surface area contributed by atoms with Crippen LogP contribution in [0.3, 0.4) is 0 Å². The molecular formula is C13H16FN5. The third-order valence-electron chi connectivity index (χ3n) is 2.51. The first kappa shape index (κ1) is 13.2. The van der Waals surface area contributed by atoms with Crippen molar-refractivity contribution in [3.8, 4) is 0 Å². The number of anilines is 3. The lowest BCUT2D eigenvalue weighted by Gasteiger charge is -2.09. The van der Waals surface area contributed by atoms with E-state index < -0.39 is 0 Å². The molecule has 0 saturated carbocycles. The molecule has 0 aliphatic rings. The fourth-order valence-electron chi connectivity index (χ4n) is 1.71. The number of hydrogen-bond acceptors (Lipinski definition) is 5. The van der Waals surface area contributed by atoms with Gasteiger partial charge in [-0.05, 0) is 24.6 Å². The van der Waals surface area contributed by atoms with Crippen LogP contribution < -0.4 is 16.6 Å². The molecule has 1 aromatic heterocycles. The fraction of sp³-hybridized carbons (Fsp3) is 0.231. The molecule has 0 atom stereocenters. The number of nitrogens with one attached hydrogen (secondary N) is 2. The van der Waals surface area contributed by atoms with E-state index in [1.165, 1.54) is 12.1 Å². The normalized spacial score (nSPS) is 10.3. The molecule has 0 aliphatic heterocycles. The summed E-state index contributed by atoms with van der Waals surface area (Å²) in [7, 11) is 0. The Kier molecular flexibility index (Phi) is 4.25. The number of aryl methyl sites for hydroxylation is 1. The molecule has 2 rings (SSSR count). The highest BCUT2D eigenvalue weighted by Gasteiger charge is 2.04. The van der Waals surface area contributed by atoms with Gasteiger partial charge < -0.3 is 10.7 Å². The predicted molar refractivity (Wildman–Crippen MR) is 73.5 cm³/mol. The first-order chi connectivity index (χ1) is 9.21. The molecule has 6 heteroatoms. The number of hydrazine groups is 1. The Bertz CT molecular complexity index is 558. The van der Waals surface area contributed by atoms with Crippen molar-refractivity contribution in [2.24, 2.45) is 5.84 Å². The van der Waals surface area contributed by atoms with Crippen molar-refractivity contribution in [2.75, 3.05) is 10.7 Å². The Balaban J connectivity index is 2.26. The minimum atomic E-state index is -0.313. The molecular weight excluding hydrogens is 245 g/mol. The Labute approximate surface area is 111 Å². The van der Waals surface area contributed by atoms with Crippen molar-refractivity contribution >= 4 is 17.5 Å². The van der Waals surface area contributed by atoms with Gasteiger partial charge in [-0.25, -0.2) is 15.2 Å². The zero-order chi connectivity index (χ0) is 13.7. The van der Waals surface area contributed by atoms with Crippen LogP contribution in [-0.2, 0) is 6.42 Å². The third kappa shape index (κ3) is 3.62. The molecule has 2 aromatic rings. The van der Waals surface area contributed by atoms with Crippen LogP contribution in [0.15, 0.2) is 30.3 Å². The van der Waals surface area contributed by atoms with Gasteiger partial charge in [0.1, 0.15) is 11.6 Å². The van der Waals surface area contributed by atoms with E-state index in [1.807, 2.05) is 0 Å². The maximum atomic E-state index is 13.1. The van der Waals surface area contributed by atoms with Crippen LogP contribution in [0.1, 0.15) is 19.0 Å². The molecule has 100 valence electrons. The van der Waals surface area contributed by atoms with E-state index in [4.69, 9.17) is 5.84 Å². The summed E-state index contributed by atoms with van der Waals surface area (Å²) in [5.74, 6) is 5.98. The summed E-state index contributed by atoms with van der Waals surface area (Å²) in [4.78, 5) is 8.53. The van der Waals surface area contributed by atoms with E-state index in [0.717, 1.165) is 18.5 Å². The van der Waals surface area contributed by atoms with Crippen molar-refractivity contribution in [3.05, 3.63) is 41.8 Å². The van der Waals surface area contributed by atoms with Gasteiger partial charge in [-0.2, -0.15) is 4.98 Å². The molecule has 0 saturated heterocycles. The van der Waals surface area contributed by atoms with Gasteiger partial charge in [0.05, 0.1) is 0 Å². The average molecular weight is 261 g/mol. The Morgan fingerprint density at radius 1 is 1.26 bits per heavy atom. The number of hydrogen-bond donors (Lipinski definition) is 3. The fourth-order valence-corrected chi connectivity index (χ4v) is 1.71. The van der Waals surface area contributed by atoms with E-state index in [9.17, 15) is 4.39 Å². The molecule has 1 heterocycles. The number of nitrogens with two attached hydrogens (primary N) is 1. The standard InChI is InChI=1S/C13H16FN5/c1-2-4-10-8-12(19-15)18-13(16-10)17-11-6-3-5-9(14)7-11/h3,5-8H,2,4,15H2,1H3,(H2,16,17,18,19). The van der Waals surface area contributed by atoms with Gasteiger partial charge >= 0.3 is 0 Å². The van der Waals surface area contributed by atoms with Gasteiger partial charge in [0.2, 0.25) is 5.95 Å². The zero-order valence-corrected chi connectivity index (χ0v) is 10.7. The topological polar surface area (TPSA) is 75.9 Å². The first-order valence-electron chi connectivity index (χ1n) is 6.08. The molecule has 0 unspecified atom stereocenters. The van der Waals surface area contributed by atoms with Crippen LogP contribution in [0.25, 0.3) is 0 Å². The summed E-state index contributed by atoms with van der Waals surface area (Å²) in [6, 6.07) is 7.92. The van der Waals surface area contributed by atoms with Crippen molar-refractivity contribution in [3.63, 3.8) is 0 Å². The lowest BCUT2D eigenvalue weighted by Crippen LogP contribution is -2.11. The SMILES string of the molecule is CCCc1cc(NN)nc(Nc2cccc(F)c2)n1. The number of halogens is 1. The van der Waals surface area contributed by atoms with Crippen LogP contribution in [0.4, 0.5) is 21.8 Å². The summed E-state index contributed by atoms with van der Waals surface area (Å²) in [5, 5.41) is 2.96. The van der Waals surface area contributed by atoms with E-state index >= 15 is 0 Å². The lowest BCUT2D eigenvalue weighted by atomic mass is 10.2. The molecule has 19 heavy (non-hydrogen) atoms. The number of rotatable bonds is 5. The van der Waals surface area contributed by atoms with E-state index in [0.29, 0.717) is 17.5 Å². The minimum absolute atomic E-state index is 0.313. The van der Waals surface area contributed by atoms with Crippen LogP contribution in [0, 0.1) is 5.82 Å². The lowest BCUT2D eigenvalue weighted by molar-refractivity contribution is 0.628. The second kappa shape index (κ2) is 6.10. The summed E-state index contributed by atoms with van der Waals surface area (Å²) >= 11 is 0. The molecule has 4 N–H and O–H groups in total. The molecule has 0 bridgehead atoms. The largest absolute Gasteiger partial charge is 0.324 e. The maximum Gasteiger partial charge on any atom is 0.229 e. The molecule has 5 nitrogen and oxygen atoms in total. The van der Waals surface area contributed by atoms with Crippen molar-refractivity contribution in [1.82, 2.24) is 9.97 Å². The van der Waals surface area contributed by atoms with Gasteiger partial charge in [-0.15, -0.1) is 0 Å². The smallest absolute Gasteiger partial charge is 0.229 e. The van der Waals surface area contributed by atoms with Crippen LogP contribution in [-0.4, -0.2) is 9.97 Å². The maximum absolute atomic E-state index is 13.1. The second-order valence-electron chi connectivity index (χ2n) is 4.10. The van der Waals surface area contributed by atoms with Gasteiger partial charge in [0, 0.05) is 17.4 Å². The number of nitrogens with zero attached hydrogens (tertiary/aromatic N) is 2. The first-order valence-corrected chi connectivity index (χ1v) is 6.08. The van der Waals surface area contributed by atoms with Crippen molar-refractivity contribution in [1.29, 1.82) is 0 Å². The summed E-state index contributed by atoms with van der Waals surface area (Å²) in [6.07, 6.45) is 1.80. The molecule has 0 radical (unpaired) electrons. The van der Waals surface area contributed by atoms with E-state index in [2.05, 4.69) is 27.6 Å². The van der Waals surface area contributed by atoms with Crippen LogP contribution in [0.5, 0.6) is 0 Å². The monoisotopic (exact) mass is 261 g/mol. The summed E-state index contributed by atoms with van der Waals surface area (Å²) in [5.41, 5.74) is 3.97. The molecule has 0 spiro atoms. The number of benzene rings is 1. The number of aromatic nitrogens is 2. The molecule has 0 aliphatic carbocycles. The van der Waals surface area contributed by atoms with E-state index in [1.54, 1.807) is 18.2 Å². The van der Waals surface area contributed by atoms with Gasteiger partial charge in [0.25, 0.3) is 0 Å². The zero-order valence-electron chi connectivity index (χ0n) is 10.7. The Morgan fingerprint density at radius 2 is 2.11 bits per heavy atom. The number of nitrogen functional groups attached to an aromatic ring is 1. The van der Waals surface area contributed by atoms with E-state index in [-0.39, 0.29) is 5.82 Å². The van der Waals surface area contributed by atoms with Gasteiger partial charge in [-0.3, -0.25) is 0 Å².